The lowest BCUT2D eigenvalue weighted by molar-refractivity contribution is 0.411. The second kappa shape index (κ2) is 6.41. The number of halogens is 1. The van der Waals surface area contributed by atoms with Gasteiger partial charge in [-0.15, -0.1) is 0 Å². The lowest BCUT2D eigenvalue weighted by Crippen LogP contribution is -2.02. The molecule has 2 aromatic carbocycles. The summed E-state index contributed by atoms with van der Waals surface area (Å²) >= 11 is 3.42. The number of benzene rings is 2. The van der Waals surface area contributed by atoms with Gasteiger partial charge < -0.3 is 10.5 Å². The number of methoxy groups -OCH3 is 1. The van der Waals surface area contributed by atoms with Crippen molar-refractivity contribution in [3.63, 3.8) is 0 Å². The van der Waals surface area contributed by atoms with Crippen molar-refractivity contribution in [2.24, 2.45) is 0 Å². The van der Waals surface area contributed by atoms with E-state index in [4.69, 9.17) is 10.5 Å². The molecule has 0 bridgehead atoms. The van der Waals surface area contributed by atoms with Crippen molar-refractivity contribution >= 4 is 32.4 Å². The Hall–Kier alpha value is -1.33. The third kappa shape index (κ3) is 3.41. The monoisotopic (exact) mass is 353 g/mol. The van der Waals surface area contributed by atoms with Gasteiger partial charge in [-0.05, 0) is 42.8 Å². The first-order valence-corrected chi connectivity index (χ1v) is 8.19. The lowest BCUT2D eigenvalue weighted by Gasteiger charge is -2.11. The van der Waals surface area contributed by atoms with Crippen molar-refractivity contribution in [2.75, 3.05) is 12.8 Å². The number of hydrogen-bond donors (Lipinski definition) is 1. The number of aryl methyl sites for hydroxylation is 1. The molecule has 20 heavy (non-hydrogen) atoms. The van der Waals surface area contributed by atoms with Crippen molar-refractivity contribution in [3.05, 3.63) is 52.0 Å². The summed E-state index contributed by atoms with van der Waals surface area (Å²) in [6.45, 7) is 1.94. The lowest BCUT2D eigenvalue weighted by atomic mass is 10.2. The highest BCUT2D eigenvalue weighted by Crippen LogP contribution is 2.27. The zero-order chi connectivity index (χ0) is 14.7. The Balaban J connectivity index is 2.32. The van der Waals surface area contributed by atoms with Gasteiger partial charge in [0.25, 0.3) is 0 Å². The van der Waals surface area contributed by atoms with Gasteiger partial charge in [0.15, 0.2) is 0 Å². The molecule has 2 rings (SSSR count). The van der Waals surface area contributed by atoms with Crippen LogP contribution in [0.2, 0.25) is 0 Å². The van der Waals surface area contributed by atoms with Crippen LogP contribution in [0.1, 0.15) is 11.1 Å². The second-order valence-corrected chi connectivity index (χ2v) is 6.81. The van der Waals surface area contributed by atoms with Gasteiger partial charge in [0.05, 0.1) is 23.7 Å². The maximum atomic E-state index is 12.6. The van der Waals surface area contributed by atoms with Crippen LogP contribution in [0.4, 0.5) is 5.69 Å². The molecule has 0 aliphatic carbocycles. The number of anilines is 1. The highest BCUT2D eigenvalue weighted by Gasteiger charge is 2.12. The number of nitrogen functional groups attached to an aromatic ring is 1. The molecule has 0 amide bonds. The summed E-state index contributed by atoms with van der Waals surface area (Å²) in [5, 5.41) is 0. The highest BCUT2D eigenvalue weighted by molar-refractivity contribution is 9.10. The Morgan fingerprint density at radius 1 is 1.25 bits per heavy atom. The van der Waals surface area contributed by atoms with Crippen LogP contribution in [0.25, 0.3) is 0 Å². The van der Waals surface area contributed by atoms with E-state index in [1.54, 1.807) is 13.2 Å². The molecule has 0 heterocycles. The molecular formula is C15H16BrNO2S. The average molecular weight is 354 g/mol. The van der Waals surface area contributed by atoms with Crippen molar-refractivity contribution in [3.8, 4) is 5.75 Å². The maximum Gasteiger partial charge on any atom is 0.123 e. The smallest absolute Gasteiger partial charge is 0.123 e. The fraction of sp³-hybridized carbons (Fsp3) is 0.200. The van der Waals surface area contributed by atoms with Crippen LogP contribution in [0, 0.1) is 6.92 Å². The van der Waals surface area contributed by atoms with E-state index in [1.807, 2.05) is 37.3 Å². The zero-order valence-electron chi connectivity index (χ0n) is 11.4. The van der Waals surface area contributed by atoms with Crippen LogP contribution in [0.15, 0.2) is 45.8 Å². The summed E-state index contributed by atoms with van der Waals surface area (Å²) < 4.78 is 18.8. The van der Waals surface area contributed by atoms with Crippen molar-refractivity contribution in [1.29, 1.82) is 0 Å². The molecular weight excluding hydrogens is 338 g/mol. The van der Waals surface area contributed by atoms with Gasteiger partial charge in [0.1, 0.15) is 5.75 Å². The third-order valence-electron chi connectivity index (χ3n) is 2.99. The molecule has 106 valence electrons. The Labute approximate surface area is 129 Å². The summed E-state index contributed by atoms with van der Waals surface area (Å²) in [4.78, 5) is 0.770. The molecule has 1 atom stereocenters. The summed E-state index contributed by atoms with van der Waals surface area (Å²) in [7, 11) is 0.455. The number of ether oxygens (including phenoxy) is 1. The largest absolute Gasteiger partial charge is 0.496 e. The molecule has 0 aliphatic rings. The van der Waals surface area contributed by atoms with Crippen molar-refractivity contribution in [1.82, 2.24) is 0 Å². The quantitative estimate of drug-likeness (QED) is 0.853. The predicted molar refractivity (Wildman–Crippen MR) is 86.4 cm³/mol. The van der Waals surface area contributed by atoms with Crippen LogP contribution in [-0.2, 0) is 16.6 Å². The van der Waals surface area contributed by atoms with Crippen molar-refractivity contribution < 1.29 is 8.95 Å². The minimum Gasteiger partial charge on any atom is -0.496 e. The Kier molecular flexibility index (Phi) is 4.83. The van der Waals surface area contributed by atoms with E-state index in [0.29, 0.717) is 11.4 Å². The molecule has 0 fully saturated rings. The first kappa shape index (κ1) is 15.1. The van der Waals surface area contributed by atoms with Gasteiger partial charge >= 0.3 is 0 Å². The topological polar surface area (TPSA) is 52.3 Å². The van der Waals surface area contributed by atoms with Crippen LogP contribution in [0.3, 0.4) is 0 Å². The molecule has 0 aromatic heterocycles. The summed E-state index contributed by atoms with van der Waals surface area (Å²) in [6, 6.07) is 11.2. The number of hydrogen-bond acceptors (Lipinski definition) is 3. The molecule has 1 unspecified atom stereocenters. The molecule has 3 nitrogen and oxygen atoms in total. The maximum absolute atomic E-state index is 12.6. The van der Waals surface area contributed by atoms with E-state index in [-0.39, 0.29) is 0 Å². The molecule has 0 radical (unpaired) electrons. The van der Waals surface area contributed by atoms with E-state index >= 15 is 0 Å². The Morgan fingerprint density at radius 3 is 2.70 bits per heavy atom. The standard InChI is InChI=1S/C15H16BrNO2S/c1-10-3-5-13(17)8-15(10)20(18)9-11-7-12(16)4-6-14(11)19-2/h3-8H,9,17H2,1-2H3. The first-order chi connectivity index (χ1) is 9.51. The summed E-state index contributed by atoms with van der Waals surface area (Å²) in [6.07, 6.45) is 0. The normalized spacial score (nSPS) is 12.2. The van der Waals surface area contributed by atoms with E-state index < -0.39 is 10.8 Å². The van der Waals surface area contributed by atoms with E-state index in [9.17, 15) is 4.21 Å². The van der Waals surface area contributed by atoms with Gasteiger partial charge in [0.2, 0.25) is 0 Å². The van der Waals surface area contributed by atoms with Crippen molar-refractivity contribution in [2.45, 2.75) is 17.6 Å². The fourth-order valence-electron chi connectivity index (χ4n) is 1.94. The summed E-state index contributed by atoms with van der Waals surface area (Å²) in [5.41, 5.74) is 8.28. The Morgan fingerprint density at radius 2 is 2.00 bits per heavy atom. The van der Waals surface area contributed by atoms with E-state index in [1.165, 1.54) is 0 Å². The van der Waals surface area contributed by atoms with Crippen LogP contribution < -0.4 is 10.5 Å². The SMILES string of the molecule is COc1ccc(Br)cc1CS(=O)c1cc(N)ccc1C. The fourth-order valence-corrected chi connectivity index (χ4v) is 3.71. The van der Waals surface area contributed by atoms with Crippen LogP contribution >= 0.6 is 15.9 Å². The van der Waals surface area contributed by atoms with Gasteiger partial charge in [-0.1, -0.05) is 22.0 Å². The van der Waals surface area contributed by atoms with Gasteiger partial charge in [0, 0.05) is 20.6 Å². The minimum atomic E-state index is -1.16. The third-order valence-corrected chi connectivity index (χ3v) is 4.98. The Bertz CT molecular complexity index is 658. The molecule has 0 saturated carbocycles. The second-order valence-electron chi connectivity index (χ2n) is 4.47. The average Bonchev–Trinajstić information content (AvgIpc) is 2.41. The molecule has 0 aliphatic heterocycles. The molecule has 2 N–H and O–H groups in total. The molecule has 2 aromatic rings. The van der Waals surface area contributed by atoms with Crippen LogP contribution in [0.5, 0.6) is 5.75 Å². The highest BCUT2D eigenvalue weighted by atomic mass is 79.9. The first-order valence-electron chi connectivity index (χ1n) is 6.08. The number of nitrogens with two attached hydrogens (primary N) is 1. The van der Waals surface area contributed by atoms with Gasteiger partial charge in [-0.2, -0.15) is 0 Å². The number of rotatable bonds is 4. The van der Waals surface area contributed by atoms with Gasteiger partial charge in [-0.3, -0.25) is 4.21 Å². The molecule has 5 heteroatoms. The van der Waals surface area contributed by atoms with E-state index in [2.05, 4.69) is 15.9 Å². The van der Waals surface area contributed by atoms with Crippen LogP contribution in [-0.4, -0.2) is 11.3 Å². The van der Waals surface area contributed by atoms with Gasteiger partial charge in [-0.25, -0.2) is 0 Å². The molecule has 0 saturated heterocycles. The predicted octanol–water partition coefficient (Wildman–Crippen LogP) is 3.66. The summed E-state index contributed by atoms with van der Waals surface area (Å²) in [5.74, 6) is 1.13. The minimum absolute atomic E-state index is 0.396. The van der Waals surface area contributed by atoms with E-state index in [0.717, 1.165) is 26.2 Å². The zero-order valence-corrected chi connectivity index (χ0v) is 13.8. The molecule has 0 spiro atoms.